The van der Waals surface area contributed by atoms with Gasteiger partial charge in [0, 0.05) is 23.7 Å². The van der Waals surface area contributed by atoms with Crippen molar-refractivity contribution < 1.29 is 0 Å². The highest BCUT2D eigenvalue weighted by atomic mass is 32.2. The molecule has 4 nitrogen and oxygen atoms in total. The standard InChI is InChI=1S/C15H16N4S2/c1-10-4-6-12(7-5-10)14-16-13(8-20-14)9-21-15-18-17-11(2)19(15)3/h4-8H,9H2,1-3H3. The van der Waals surface area contributed by atoms with Crippen molar-refractivity contribution in [1.82, 2.24) is 19.7 Å². The van der Waals surface area contributed by atoms with Gasteiger partial charge in [-0.15, -0.1) is 21.5 Å². The molecule has 0 fully saturated rings. The molecule has 0 amide bonds. The molecule has 0 saturated carbocycles. The fourth-order valence-electron chi connectivity index (χ4n) is 1.85. The second kappa shape index (κ2) is 5.99. The molecule has 21 heavy (non-hydrogen) atoms. The summed E-state index contributed by atoms with van der Waals surface area (Å²) >= 11 is 3.35. The molecule has 3 rings (SSSR count). The summed E-state index contributed by atoms with van der Waals surface area (Å²) in [7, 11) is 1.98. The number of rotatable bonds is 4. The maximum atomic E-state index is 4.70. The van der Waals surface area contributed by atoms with Crippen LogP contribution in [0.15, 0.2) is 34.8 Å². The molecule has 3 aromatic rings. The van der Waals surface area contributed by atoms with Gasteiger partial charge in [-0.1, -0.05) is 41.6 Å². The lowest BCUT2D eigenvalue weighted by Gasteiger charge is -1.99. The average Bonchev–Trinajstić information content (AvgIpc) is 3.07. The van der Waals surface area contributed by atoms with E-state index >= 15 is 0 Å². The second-order valence-electron chi connectivity index (χ2n) is 4.89. The van der Waals surface area contributed by atoms with Gasteiger partial charge >= 0.3 is 0 Å². The van der Waals surface area contributed by atoms with Gasteiger partial charge in [0.1, 0.15) is 10.8 Å². The van der Waals surface area contributed by atoms with Crippen LogP contribution in [-0.4, -0.2) is 19.7 Å². The smallest absolute Gasteiger partial charge is 0.191 e. The number of hydrogen-bond acceptors (Lipinski definition) is 5. The molecule has 2 heterocycles. The van der Waals surface area contributed by atoms with Crippen molar-refractivity contribution in [3.05, 3.63) is 46.7 Å². The van der Waals surface area contributed by atoms with Gasteiger partial charge in [-0.3, -0.25) is 0 Å². The highest BCUT2D eigenvalue weighted by Crippen LogP contribution is 2.27. The predicted molar refractivity (Wildman–Crippen MR) is 87.6 cm³/mol. The molecular weight excluding hydrogens is 300 g/mol. The summed E-state index contributed by atoms with van der Waals surface area (Å²) in [6.45, 7) is 4.05. The van der Waals surface area contributed by atoms with Crippen LogP contribution in [0, 0.1) is 13.8 Å². The van der Waals surface area contributed by atoms with Crippen LogP contribution in [0.2, 0.25) is 0 Å². The Morgan fingerprint density at radius 3 is 2.57 bits per heavy atom. The molecule has 2 aromatic heterocycles. The van der Waals surface area contributed by atoms with E-state index in [0.29, 0.717) is 0 Å². The molecule has 0 aliphatic heterocycles. The molecule has 0 unspecified atom stereocenters. The van der Waals surface area contributed by atoms with E-state index < -0.39 is 0 Å². The van der Waals surface area contributed by atoms with E-state index in [1.807, 2.05) is 18.5 Å². The Kier molecular flexibility index (Phi) is 4.07. The first-order valence-electron chi connectivity index (χ1n) is 6.64. The van der Waals surface area contributed by atoms with Gasteiger partial charge in [-0.05, 0) is 13.8 Å². The van der Waals surface area contributed by atoms with Crippen molar-refractivity contribution in [2.75, 3.05) is 0 Å². The van der Waals surface area contributed by atoms with Crippen LogP contribution in [0.1, 0.15) is 17.1 Å². The third-order valence-electron chi connectivity index (χ3n) is 3.25. The Labute approximate surface area is 132 Å². The van der Waals surface area contributed by atoms with Gasteiger partial charge < -0.3 is 4.57 Å². The molecular formula is C15H16N4S2. The lowest BCUT2D eigenvalue weighted by Crippen LogP contribution is -1.93. The van der Waals surface area contributed by atoms with Gasteiger partial charge in [-0.25, -0.2) is 4.98 Å². The van der Waals surface area contributed by atoms with Crippen LogP contribution in [0.5, 0.6) is 0 Å². The van der Waals surface area contributed by atoms with E-state index in [0.717, 1.165) is 27.4 Å². The van der Waals surface area contributed by atoms with Gasteiger partial charge in [0.25, 0.3) is 0 Å². The van der Waals surface area contributed by atoms with Crippen LogP contribution >= 0.6 is 23.1 Å². The third kappa shape index (κ3) is 3.16. The lowest BCUT2D eigenvalue weighted by molar-refractivity contribution is 0.765. The van der Waals surface area contributed by atoms with E-state index in [1.165, 1.54) is 11.1 Å². The summed E-state index contributed by atoms with van der Waals surface area (Å²) in [6.07, 6.45) is 0. The maximum absolute atomic E-state index is 4.70. The fraction of sp³-hybridized carbons (Fsp3) is 0.267. The third-order valence-corrected chi connectivity index (χ3v) is 5.25. The van der Waals surface area contributed by atoms with Gasteiger partial charge in [0.05, 0.1) is 5.69 Å². The first-order valence-corrected chi connectivity index (χ1v) is 8.50. The molecule has 0 N–H and O–H groups in total. The maximum Gasteiger partial charge on any atom is 0.191 e. The number of nitrogens with zero attached hydrogens (tertiary/aromatic N) is 4. The molecule has 0 bridgehead atoms. The van der Waals surface area contributed by atoms with Crippen molar-refractivity contribution in [2.24, 2.45) is 7.05 Å². The van der Waals surface area contributed by atoms with Crippen LogP contribution in [0.3, 0.4) is 0 Å². The quantitative estimate of drug-likeness (QED) is 0.686. The molecule has 0 saturated heterocycles. The van der Waals surface area contributed by atoms with Crippen molar-refractivity contribution >= 4 is 23.1 Å². The van der Waals surface area contributed by atoms with Gasteiger partial charge in [-0.2, -0.15) is 0 Å². The number of benzene rings is 1. The van der Waals surface area contributed by atoms with Gasteiger partial charge in [0.15, 0.2) is 5.16 Å². The summed E-state index contributed by atoms with van der Waals surface area (Å²) < 4.78 is 2.00. The van der Waals surface area contributed by atoms with Crippen LogP contribution in [0.25, 0.3) is 10.6 Å². The highest BCUT2D eigenvalue weighted by molar-refractivity contribution is 7.98. The van der Waals surface area contributed by atoms with E-state index in [-0.39, 0.29) is 0 Å². The monoisotopic (exact) mass is 316 g/mol. The number of hydrogen-bond donors (Lipinski definition) is 0. The van der Waals surface area contributed by atoms with E-state index in [1.54, 1.807) is 23.1 Å². The molecule has 1 aromatic carbocycles. The molecule has 0 aliphatic carbocycles. The minimum Gasteiger partial charge on any atom is -0.309 e. The Morgan fingerprint density at radius 1 is 1.14 bits per heavy atom. The van der Waals surface area contributed by atoms with E-state index in [9.17, 15) is 0 Å². The summed E-state index contributed by atoms with van der Waals surface area (Å²) in [5.74, 6) is 1.74. The molecule has 0 atom stereocenters. The molecule has 108 valence electrons. The normalized spacial score (nSPS) is 11.0. The zero-order valence-corrected chi connectivity index (χ0v) is 13.8. The molecule has 0 aliphatic rings. The summed E-state index contributed by atoms with van der Waals surface area (Å²) in [6, 6.07) is 8.48. The van der Waals surface area contributed by atoms with Crippen LogP contribution < -0.4 is 0 Å². The predicted octanol–water partition coefficient (Wildman–Crippen LogP) is 3.85. The lowest BCUT2D eigenvalue weighted by atomic mass is 10.2. The number of thiazole rings is 1. The Bertz CT molecular complexity index is 743. The zero-order valence-electron chi connectivity index (χ0n) is 12.2. The van der Waals surface area contributed by atoms with Crippen molar-refractivity contribution in [2.45, 2.75) is 24.8 Å². The summed E-state index contributed by atoms with van der Waals surface area (Å²) in [5, 5.41) is 12.3. The Hall–Kier alpha value is -1.66. The first-order chi connectivity index (χ1) is 10.1. The number of aromatic nitrogens is 4. The Balaban J connectivity index is 1.70. The van der Waals surface area contributed by atoms with Crippen LogP contribution in [-0.2, 0) is 12.8 Å². The van der Waals surface area contributed by atoms with Gasteiger partial charge in [0.2, 0.25) is 0 Å². The van der Waals surface area contributed by atoms with E-state index in [4.69, 9.17) is 4.98 Å². The second-order valence-corrected chi connectivity index (χ2v) is 6.69. The molecule has 0 radical (unpaired) electrons. The number of thioether (sulfide) groups is 1. The first kappa shape index (κ1) is 14.3. The number of aryl methyl sites for hydroxylation is 2. The van der Waals surface area contributed by atoms with Crippen molar-refractivity contribution in [1.29, 1.82) is 0 Å². The minimum atomic E-state index is 0.814. The minimum absolute atomic E-state index is 0.814. The SMILES string of the molecule is Cc1ccc(-c2nc(CSc3nnc(C)n3C)cs2)cc1. The summed E-state index contributed by atoms with van der Waals surface area (Å²) in [5.41, 5.74) is 3.53. The molecule has 0 spiro atoms. The van der Waals surface area contributed by atoms with Crippen molar-refractivity contribution in [3.8, 4) is 10.6 Å². The highest BCUT2D eigenvalue weighted by Gasteiger charge is 2.09. The van der Waals surface area contributed by atoms with E-state index in [2.05, 4.69) is 46.8 Å². The zero-order chi connectivity index (χ0) is 14.8. The Morgan fingerprint density at radius 2 is 1.90 bits per heavy atom. The average molecular weight is 316 g/mol. The summed E-state index contributed by atoms with van der Waals surface area (Å²) in [4.78, 5) is 4.70. The topological polar surface area (TPSA) is 43.6 Å². The van der Waals surface area contributed by atoms with Crippen LogP contribution in [0.4, 0.5) is 0 Å². The largest absolute Gasteiger partial charge is 0.309 e. The molecule has 6 heteroatoms. The fourth-order valence-corrected chi connectivity index (χ4v) is 3.63. The van der Waals surface area contributed by atoms with Crippen molar-refractivity contribution in [3.63, 3.8) is 0 Å².